The summed E-state index contributed by atoms with van der Waals surface area (Å²) in [6, 6.07) is 2.41. The van der Waals surface area contributed by atoms with Crippen molar-refractivity contribution in [2.45, 2.75) is 25.6 Å². The monoisotopic (exact) mass is 510 g/mol. The van der Waals surface area contributed by atoms with Crippen LogP contribution in [-0.2, 0) is 17.4 Å². The van der Waals surface area contributed by atoms with Crippen LogP contribution in [0, 0.1) is 0 Å². The quantitative estimate of drug-likeness (QED) is 0.479. The Morgan fingerprint density at radius 2 is 1.97 bits per heavy atom. The number of carbonyl (C=O) groups excluding carboxylic acids is 3. The Morgan fingerprint density at radius 3 is 2.71 bits per heavy atom. The van der Waals surface area contributed by atoms with Crippen molar-refractivity contribution >= 4 is 52.2 Å². The maximum absolute atomic E-state index is 13.0. The number of thiazole rings is 1. The van der Waals surface area contributed by atoms with E-state index in [1.54, 1.807) is 6.92 Å². The van der Waals surface area contributed by atoms with Gasteiger partial charge in [-0.3, -0.25) is 14.4 Å². The van der Waals surface area contributed by atoms with Gasteiger partial charge in [0.15, 0.2) is 0 Å². The third kappa shape index (κ3) is 4.84. The van der Waals surface area contributed by atoms with E-state index in [0.717, 1.165) is 29.8 Å². The summed E-state index contributed by atoms with van der Waals surface area (Å²) in [7, 11) is 0. The molecule has 3 heterocycles. The molecule has 0 spiro atoms. The molecule has 14 heteroatoms. The van der Waals surface area contributed by atoms with Crippen LogP contribution < -0.4 is 16.0 Å². The van der Waals surface area contributed by atoms with E-state index in [4.69, 9.17) is 11.6 Å². The van der Waals surface area contributed by atoms with Crippen LogP contribution in [0.1, 0.15) is 49.3 Å². The van der Waals surface area contributed by atoms with Crippen molar-refractivity contribution in [2.75, 3.05) is 10.6 Å². The summed E-state index contributed by atoms with van der Waals surface area (Å²) >= 11 is 6.55. The Morgan fingerprint density at radius 1 is 1.21 bits per heavy atom. The Hall–Kier alpha value is -3.58. The van der Waals surface area contributed by atoms with E-state index < -0.39 is 34.6 Å². The van der Waals surface area contributed by atoms with Crippen LogP contribution in [-0.4, -0.2) is 32.7 Å². The van der Waals surface area contributed by atoms with Crippen LogP contribution in [0.3, 0.4) is 0 Å². The number of nitrogens with one attached hydrogen (secondary N) is 3. The number of rotatable bonds is 5. The van der Waals surface area contributed by atoms with Crippen molar-refractivity contribution in [1.29, 1.82) is 0 Å². The molecule has 176 valence electrons. The summed E-state index contributed by atoms with van der Waals surface area (Å²) in [5.41, 5.74) is -0.717. The van der Waals surface area contributed by atoms with Crippen molar-refractivity contribution in [3.8, 4) is 0 Å². The fourth-order valence-electron chi connectivity index (χ4n) is 3.15. The molecule has 3 aromatic rings. The van der Waals surface area contributed by atoms with Gasteiger partial charge >= 0.3 is 6.18 Å². The number of amides is 3. The van der Waals surface area contributed by atoms with Crippen molar-refractivity contribution < 1.29 is 27.6 Å². The molecule has 0 saturated heterocycles. The first-order valence-electron chi connectivity index (χ1n) is 9.61. The van der Waals surface area contributed by atoms with Gasteiger partial charge in [0.25, 0.3) is 11.8 Å². The van der Waals surface area contributed by atoms with Gasteiger partial charge in [-0.05, 0) is 25.1 Å². The van der Waals surface area contributed by atoms with E-state index in [0.29, 0.717) is 10.6 Å². The third-order valence-corrected chi connectivity index (χ3v) is 6.26. The number of benzene rings is 1. The fraction of sp³-hybridized carbons (Fsp3) is 0.200. The van der Waals surface area contributed by atoms with Crippen LogP contribution >= 0.6 is 22.9 Å². The Labute approximate surface area is 198 Å². The van der Waals surface area contributed by atoms with Crippen molar-refractivity contribution in [3.05, 3.63) is 62.5 Å². The zero-order valence-electron chi connectivity index (χ0n) is 17.2. The Balaban J connectivity index is 1.44. The zero-order chi connectivity index (χ0) is 24.6. The molecule has 0 bridgehead atoms. The molecule has 1 atom stereocenters. The van der Waals surface area contributed by atoms with Gasteiger partial charge < -0.3 is 16.0 Å². The molecule has 3 amide bonds. The summed E-state index contributed by atoms with van der Waals surface area (Å²) in [5, 5.41) is 7.51. The van der Waals surface area contributed by atoms with E-state index in [1.807, 2.05) is 0 Å². The normalized spacial score (nSPS) is 13.7. The molecular weight excluding hydrogens is 497 g/mol. The average Bonchev–Trinajstić information content (AvgIpc) is 3.40. The van der Waals surface area contributed by atoms with Gasteiger partial charge in [0, 0.05) is 11.3 Å². The van der Waals surface area contributed by atoms with E-state index in [2.05, 4.69) is 30.9 Å². The molecule has 9 nitrogen and oxygen atoms in total. The number of anilines is 2. The van der Waals surface area contributed by atoms with Gasteiger partial charge in [-0.1, -0.05) is 11.6 Å². The second-order valence-electron chi connectivity index (χ2n) is 7.18. The summed E-state index contributed by atoms with van der Waals surface area (Å²) in [5.74, 6) is -1.24. The van der Waals surface area contributed by atoms with Crippen LogP contribution in [0.25, 0.3) is 0 Å². The van der Waals surface area contributed by atoms with Crippen molar-refractivity contribution in [3.63, 3.8) is 0 Å². The van der Waals surface area contributed by atoms with Crippen LogP contribution in [0.4, 0.5) is 24.7 Å². The predicted molar refractivity (Wildman–Crippen MR) is 117 cm³/mol. The highest BCUT2D eigenvalue weighted by atomic mass is 35.5. The molecule has 1 unspecified atom stereocenters. The lowest BCUT2D eigenvalue weighted by atomic mass is 10.1. The highest BCUT2D eigenvalue weighted by Crippen LogP contribution is 2.36. The second-order valence-corrected chi connectivity index (χ2v) is 8.65. The van der Waals surface area contributed by atoms with Gasteiger partial charge in [0.05, 0.1) is 29.2 Å². The zero-order valence-corrected chi connectivity index (χ0v) is 18.7. The van der Waals surface area contributed by atoms with Crippen LogP contribution in [0.15, 0.2) is 30.7 Å². The summed E-state index contributed by atoms with van der Waals surface area (Å²) in [6.07, 6.45) is -2.27. The average molecular weight is 511 g/mol. The number of aromatic nitrogens is 3. The molecule has 1 aromatic carbocycles. The molecule has 2 aromatic heterocycles. The van der Waals surface area contributed by atoms with Gasteiger partial charge in [-0.2, -0.15) is 13.2 Å². The summed E-state index contributed by atoms with van der Waals surface area (Å²) in [4.78, 5) is 48.9. The molecule has 0 saturated carbocycles. The number of nitrogens with zero attached hydrogens (tertiary/aromatic N) is 3. The maximum atomic E-state index is 13.0. The minimum atomic E-state index is -4.67. The number of hydrogen-bond donors (Lipinski definition) is 3. The van der Waals surface area contributed by atoms with Crippen LogP contribution in [0.5, 0.6) is 0 Å². The number of carbonyl (C=O) groups is 3. The lowest BCUT2D eigenvalue weighted by Gasteiger charge is -2.12. The second kappa shape index (κ2) is 8.99. The Kier molecular flexibility index (Phi) is 6.23. The molecule has 0 fully saturated rings. The summed E-state index contributed by atoms with van der Waals surface area (Å²) in [6.45, 7) is 1.64. The van der Waals surface area contributed by atoms with E-state index >= 15 is 0 Å². The van der Waals surface area contributed by atoms with Crippen molar-refractivity contribution in [1.82, 2.24) is 20.3 Å². The third-order valence-electron chi connectivity index (χ3n) is 4.75. The number of hydrogen-bond acceptors (Lipinski definition) is 7. The molecule has 0 radical (unpaired) electrons. The molecule has 0 aliphatic carbocycles. The molecule has 4 rings (SSSR count). The Bertz CT molecular complexity index is 1310. The lowest BCUT2D eigenvalue weighted by Crippen LogP contribution is -2.28. The van der Waals surface area contributed by atoms with E-state index in [1.165, 1.54) is 12.3 Å². The van der Waals surface area contributed by atoms with Gasteiger partial charge in [0.1, 0.15) is 27.7 Å². The first kappa shape index (κ1) is 23.6. The molecule has 1 aliphatic heterocycles. The van der Waals surface area contributed by atoms with Gasteiger partial charge in [-0.15, -0.1) is 11.3 Å². The van der Waals surface area contributed by atoms with Crippen molar-refractivity contribution in [2.24, 2.45) is 0 Å². The largest absolute Gasteiger partial charge is 0.417 e. The standard InChI is InChI=1S/C20H14ClF3N6O3S/c1-8(28-18(33)15-10-5-14(31)30-16(10)27-7-26-15)19-25-6-13(34-19)17(32)29-9-2-3-12(21)11(4-9)20(22,23)24/h2-4,6-8H,5H2,1H3,(H,28,33)(H,29,32)(H,26,27,30,31). The maximum Gasteiger partial charge on any atom is 0.417 e. The smallest absolute Gasteiger partial charge is 0.342 e. The van der Waals surface area contributed by atoms with Gasteiger partial charge in [0.2, 0.25) is 5.91 Å². The summed E-state index contributed by atoms with van der Waals surface area (Å²) < 4.78 is 39.1. The van der Waals surface area contributed by atoms with Crippen LogP contribution in [0.2, 0.25) is 5.02 Å². The lowest BCUT2D eigenvalue weighted by molar-refractivity contribution is -0.137. The SMILES string of the molecule is CC(NC(=O)c1ncnc2c1CC(=O)N2)c1ncc(C(=O)Nc2ccc(Cl)c(C(F)(F)F)c2)s1. The fourth-order valence-corrected chi connectivity index (χ4v) is 4.19. The number of alkyl halides is 3. The minimum absolute atomic E-state index is 0.0182. The molecule has 34 heavy (non-hydrogen) atoms. The highest BCUT2D eigenvalue weighted by Gasteiger charge is 2.33. The number of halogens is 4. The van der Waals surface area contributed by atoms with E-state index in [-0.39, 0.29) is 34.4 Å². The first-order valence-corrected chi connectivity index (χ1v) is 10.8. The predicted octanol–water partition coefficient (Wildman–Crippen LogP) is 3.84. The van der Waals surface area contributed by atoms with E-state index in [9.17, 15) is 27.6 Å². The minimum Gasteiger partial charge on any atom is -0.342 e. The number of fused-ring (bicyclic) bond motifs is 1. The topological polar surface area (TPSA) is 126 Å². The molecule has 3 N–H and O–H groups in total. The first-order chi connectivity index (χ1) is 16.0. The van der Waals surface area contributed by atoms with Gasteiger partial charge in [-0.25, -0.2) is 15.0 Å². The molecular formula is C20H14ClF3N6O3S. The highest BCUT2D eigenvalue weighted by molar-refractivity contribution is 7.13. The molecule has 1 aliphatic rings.